The number of aliphatic carboxylic acids is 1. The van der Waals surface area contributed by atoms with Crippen LogP contribution in [0.2, 0.25) is 0 Å². The normalized spacial score (nSPS) is 11.1. The Morgan fingerprint density at radius 2 is 1.95 bits per heavy atom. The van der Waals surface area contributed by atoms with Crippen LogP contribution in [0.5, 0.6) is 5.75 Å². The number of halogens is 1. The third-order valence-electron chi connectivity index (χ3n) is 4.02. The summed E-state index contributed by atoms with van der Waals surface area (Å²) in [7, 11) is 1.55. The summed E-state index contributed by atoms with van der Waals surface area (Å²) < 4.78 is 6.09. The fourth-order valence-electron chi connectivity index (χ4n) is 2.27. The zero-order valence-corrected chi connectivity index (χ0v) is 14.7. The van der Waals surface area contributed by atoms with E-state index in [0.29, 0.717) is 18.6 Å². The minimum atomic E-state index is -0.906. The highest BCUT2D eigenvalue weighted by Gasteiger charge is 2.35. The average Bonchev–Trinajstić information content (AvgIpc) is 2.48. The Balaban J connectivity index is 2.75. The first-order valence-electron chi connectivity index (χ1n) is 7.21. The summed E-state index contributed by atoms with van der Waals surface area (Å²) in [4.78, 5) is 23.5. The Morgan fingerprint density at radius 3 is 2.45 bits per heavy atom. The standard InChI is InChI=1S/C16H22BrNO4/c1-4-16(5-2,15(20)21)10-18-14(19)9-11-8-12(17)6-7-13(11)22-3/h6-8H,4-5,9-10H2,1-3H3,(H,18,19)(H,20,21). The summed E-state index contributed by atoms with van der Waals surface area (Å²) in [6.07, 6.45) is 1.09. The first-order chi connectivity index (χ1) is 10.4. The van der Waals surface area contributed by atoms with Crippen LogP contribution >= 0.6 is 15.9 Å². The number of carbonyl (C=O) groups excluding carboxylic acids is 1. The molecule has 0 aliphatic carbocycles. The third-order valence-corrected chi connectivity index (χ3v) is 4.52. The Labute approximate surface area is 139 Å². The molecule has 0 bridgehead atoms. The molecule has 22 heavy (non-hydrogen) atoms. The minimum Gasteiger partial charge on any atom is -0.496 e. The maximum Gasteiger partial charge on any atom is 0.311 e. The molecule has 0 heterocycles. The molecule has 1 aromatic rings. The lowest BCUT2D eigenvalue weighted by molar-refractivity contribution is -0.149. The number of methoxy groups -OCH3 is 1. The predicted octanol–water partition coefficient (Wildman–Crippen LogP) is 3.01. The topological polar surface area (TPSA) is 75.6 Å². The quantitative estimate of drug-likeness (QED) is 0.736. The summed E-state index contributed by atoms with van der Waals surface area (Å²) in [5.74, 6) is -0.462. The van der Waals surface area contributed by atoms with Crippen molar-refractivity contribution in [2.45, 2.75) is 33.1 Å². The van der Waals surface area contributed by atoms with E-state index < -0.39 is 11.4 Å². The largest absolute Gasteiger partial charge is 0.496 e. The van der Waals surface area contributed by atoms with E-state index in [1.807, 2.05) is 26.0 Å². The predicted molar refractivity (Wildman–Crippen MR) is 88.1 cm³/mol. The van der Waals surface area contributed by atoms with Gasteiger partial charge in [0.05, 0.1) is 18.9 Å². The maximum absolute atomic E-state index is 12.1. The van der Waals surface area contributed by atoms with Gasteiger partial charge in [-0.3, -0.25) is 9.59 Å². The summed E-state index contributed by atoms with van der Waals surface area (Å²) >= 11 is 3.36. The fraction of sp³-hybridized carbons (Fsp3) is 0.500. The van der Waals surface area contributed by atoms with Gasteiger partial charge in [-0.05, 0) is 31.0 Å². The SMILES string of the molecule is CCC(CC)(CNC(=O)Cc1cc(Br)ccc1OC)C(=O)O. The number of ether oxygens (including phenoxy) is 1. The smallest absolute Gasteiger partial charge is 0.311 e. The van der Waals surface area contributed by atoms with Crippen molar-refractivity contribution in [3.8, 4) is 5.75 Å². The number of benzene rings is 1. The van der Waals surface area contributed by atoms with E-state index in [1.165, 1.54) is 0 Å². The van der Waals surface area contributed by atoms with Gasteiger partial charge in [-0.25, -0.2) is 0 Å². The average molecular weight is 372 g/mol. The van der Waals surface area contributed by atoms with Crippen LogP contribution in [0.25, 0.3) is 0 Å². The van der Waals surface area contributed by atoms with E-state index >= 15 is 0 Å². The Morgan fingerprint density at radius 1 is 1.32 bits per heavy atom. The molecule has 0 aromatic heterocycles. The number of nitrogens with one attached hydrogen (secondary N) is 1. The van der Waals surface area contributed by atoms with Crippen molar-refractivity contribution in [3.05, 3.63) is 28.2 Å². The van der Waals surface area contributed by atoms with Crippen molar-refractivity contribution in [2.75, 3.05) is 13.7 Å². The molecule has 0 unspecified atom stereocenters. The second-order valence-corrected chi connectivity index (χ2v) is 6.12. The Hall–Kier alpha value is -1.56. The van der Waals surface area contributed by atoms with E-state index in [9.17, 15) is 14.7 Å². The molecule has 0 saturated carbocycles. The lowest BCUT2D eigenvalue weighted by Crippen LogP contribution is -2.42. The molecule has 0 fully saturated rings. The van der Waals surface area contributed by atoms with Crippen molar-refractivity contribution in [2.24, 2.45) is 5.41 Å². The maximum atomic E-state index is 12.1. The van der Waals surface area contributed by atoms with Gasteiger partial charge in [-0.1, -0.05) is 29.8 Å². The van der Waals surface area contributed by atoms with E-state index in [-0.39, 0.29) is 18.9 Å². The van der Waals surface area contributed by atoms with Crippen molar-refractivity contribution >= 4 is 27.8 Å². The fourth-order valence-corrected chi connectivity index (χ4v) is 2.68. The van der Waals surface area contributed by atoms with Gasteiger partial charge < -0.3 is 15.2 Å². The van der Waals surface area contributed by atoms with Crippen LogP contribution in [0.3, 0.4) is 0 Å². The highest BCUT2D eigenvalue weighted by Crippen LogP contribution is 2.26. The molecular formula is C16H22BrNO4. The molecule has 1 rings (SSSR count). The molecule has 0 radical (unpaired) electrons. The lowest BCUT2D eigenvalue weighted by atomic mass is 9.82. The van der Waals surface area contributed by atoms with Crippen molar-refractivity contribution < 1.29 is 19.4 Å². The van der Waals surface area contributed by atoms with Crippen LogP contribution in [-0.4, -0.2) is 30.6 Å². The highest BCUT2D eigenvalue weighted by molar-refractivity contribution is 9.10. The molecule has 0 spiro atoms. The second-order valence-electron chi connectivity index (χ2n) is 5.20. The molecule has 0 saturated heterocycles. The number of amides is 1. The van der Waals surface area contributed by atoms with Gasteiger partial charge in [-0.2, -0.15) is 0 Å². The van der Waals surface area contributed by atoms with Crippen LogP contribution in [0, 0.1) is 5.41 Å². The van der Waals surface area contributed by atoms with Crippen LogP contribution in [0.1, 0.15) is 32.3 Å². The summed E-state index contributed by atoms with van der Waals surface area (Å²) in [6, 6.07) is 5.44. The Kier molecular flexibility index (Phi) is 6.87. The zero-order chi connectivity index (χ0) is 16.8. The van der Waals surface area contributed by atoms with Gasteiger partial charge >= 0.3 is 5.97 Å². The van der Waals surface area contributed by atoms with Gasteiger partial charge in [0.2, 0.25) is 5.91 Å². The number of hydrogen-bond acceptors (Lipinski definition) is 3. The molecule has 1 amide bonds. The second kappa shape index (κ2) is 8.17. The summed E-state index contributed by atoms with van der Waals surface area (Å²) in [5.41, 5.74) is -0.153. The molecule has 1 aromatic carbocycles. The highest BCUT2D eigenvalue weighted by atomic mass is 79.9. The molecule has 122 valence electrons. The van der Waals surface area contributed by atoms with Crippen molar-refractivity contribution in [1.82, 2.24) is 5.32 Å². The number of rotatable bonds is 8. The monoisotopic (exact) mass is 371 g/mol. The van der Waals surface area contributed by atoms with Gasteiger partial charge in [0.25, 0.3) is 0 Å². The molecule has 5 nitrogen and oxygen atoms in total. The van der Waals surface area contributed by atoms with Gasteiger partial charge in [0, 0.05) is 16.6 Å². The van der Waals surface area contributed by atoms with E-state index in [0.717, 1.165) is 10.0 Å². The molecule has 6 heteroatoms. The first-order valence-corrected chi connectivity index (χ1v) is 8.00. The van der Waals surface area contributed by atoms with Crippen molar-refractivity contribution in [1.29, 1.82) is 0 Å². The molecule has 0 aliphatic heterocycles. The van der Waals surface area contributed by atoms with Crippen LogP contribution in [0.4, 0.5) is 0 Å². The lowest BCUT2D eigenvalue weighted by Gasteiger charge is -2.26. The first kappa shape index (κ1) is 18.5. The van der Waals surface area contributed by atoms with E-state index in [2.05, 4.69) is 21.2 Å². The van der Waals surface area contributed by atoms with Crippen LogP contribution in [-0.2, 0) is 16.0 Å². The van der Waals surface area contributed by atoms with Gasteiger partial charge in [0.15, 0.2) is 0 Å². The number of carboxylic acids is 1. The van der Waals surface area contributed by atoms with Gasteiger partial charge in [-0.15, -0.1) is 0 Å². The van der Waals surface area contributed by atoms with E-state index in [4.69, 9.17) is 4.74 Å². The molecule has 0 aliphatic rings. The van der Waals surface area contributed by atoms with E-state index in [1.54, 1.807) is 13.2 Å². The van der Waals surface area contributed by atoms with Crippen LogP contribution < -0.4 is 10.1 Å². The number of carbonyl (C=O) groups is 2. The molecule has 2 N–H and O–H groups in total. The summed E-state index contributed by atoms with van der Waals surface area (Å²) in [5, 5.41) is 12.1. The van der Waals surface area contributed by atoms with Gasteiger partial charge in [0.1, 0.15) is 5.75 Å². The molecular weight excluding hydrogens is 350 g/mol. The third kappa shape index (κ3) is 4.47. The molecule has 0 atom stereocenters. The Bertz CT molecular complexity index is 541. The van der Waals surface area contributed by atoms with Crippen LogP contribution in [0.15, 0.2) is 22.7 Å². The van der Waals surface area contributed by atoms with Crippen molar-refractivity contribution in [3.63, 3.8) is 0 Å². The number of carboxylic acid groups (broad SMARTS) is 1. The summed E-state index contributed by atoms with van der Waals surface area (Å²) in [6.45, 7) is 3.77. The number of hydrogen-bond donors (Lipinski definition) is 2. The zero-order valence-electron chi connectivity index (χ0n) is 13.1. The minimum absolute atomic E-state index is 0.129.